The summed E-state index contributed by atoms with van der Waals surface area (Å²) in [4.78, 5) is 12.2. The van der Waals surface area contributed by atoms with Gasteiger partial charge in [0.2, 0.25) is 0 Å². The van der Waals surface area contributed by atoms with Crippen LogP contribution in [0.3, 0.4) is 0 Å². The normalized spacial score (nSPS) is 23.9. The lowest BCUT2D eigenvalue weighted by Gasteiger charge is -2.22. The maximum atomic E-state index is 13.2. The van der Waals surface area contributed by atoms with E-state index >= 15 is 0 Å². The van der Waals surface area contributed by atoms with Crippen LogP contribution in [-0.4, -0.2) is 17.9 Å². The van der Waals surface area contributed by atoms with Gasteiger partial charge in [-0.05, 0) is 50.1 Å². The van der Waals surface area contributed by atoms with Crippen LogP contribution < -0.4 is 5.32 Å². The molecular weight excluding hydrogens is 285 g/mol. The number of carbonyl (C=O) groups is 1. The molecule has 2 nitrogen and oxygen atoms in total. The van der Waals surface area contributed by atoms with Gasteiger partial charge in [0.15, 0.2) is 5.78 Å². The highest BCUT2D eigenvalue weighted by atomic mass is 79.9. The number of nitrogens with one attached hydrogen (secondary N) is 1. The van der Waals surface area contributed by atoms with Gasteiger partial charge in [0.25, 0.3) is 0 Å². The quantitative estimate of drug-likeness (QED) is 0.930. The maximum absolute atomic E-state index is 13.2. The van der Waals surface area contributed by atoms with Crippen LogP contribution >= 0.6 is 15.9 Å². The molecule has 2 rings (SSSR count). The summed E-state index contributed by atoms with van der Waals surface area (Å²) in [5.41, 5.74) is 0.288. The second-order valence-corrected chi connectivity index (χ2v) is 5.66. The van der Waals surface area contributed by atoms with E-state index in [1.807, 2.05) is 6.92 Å². The van der Waals surface area contributed by atoms with E-state index in [1.165, 1.54) is 12.1 Å². The lowest BCUT2D eigenvalue weighted by Crippen LogP contribution is -2.45. The van der Waals surface area contributed by atoms with Crippen molar-refractivity contribution in [2.24, 2.45) is 0 Å². The summed E-state index contributed by atoms with van der Waals surface area (Å²) in [5.74, 6) is -0.181. The minimum atomic E-state index is -0.432. The smallest absolute Gasteiger partial charge is 0.156 e. The fourth-order valence-electron chi connectivity index (χ4n) is 2.23. The van der Waals surface area contributed by atoms with E-state index in [4.69, 9.17) is 0 Å². The largest absolute Gasteiger partial charge is 0.305 e. The first-order valence-corrected chi connectivity index (χ1v) is 6.52. The summed E-state index contributed by atoms with van der Waals surface area (Å²) in [6.07, 6.45) is 2.16. The average Bonchev–Trinajstić information content (AvgIpc) is 2.64. The zero-order valence-electron chi connectivity index (χ0n) is 9.72. The van der Waals surface area contributed by atoms with Crippen LogP contribution in [0.25, 0.3) is 0 Å². The predicted molar refractivity (Wildman–Crippen MR) is 68.5 cm³/mol. The summed E-state index contributed by atoms with van der Waals surface area (Å²) < 4.78 is 13.9. The van der Waals surface area contributed by atoms with Crippen LogP contribution in [0, 0.1) is 5.82 Å². The van der Waals surface area contributed by atoms with E-state index in [2.05, 4.69) is 21.2 Å². The van der Waals surface area contributed by atoms with Crippen LogP contribution in [0.1, 0.15) is 25.3 Å². The fraction of sp³-hybridized carbons (Fsp3) is 0.462. The molecule has 1 heterocycles. The molecule has 1 unspecified atom stereocenters. The van der Waals surface area contributed by atoms with Crippen molar-refractivity contribution >= 4 is 21.7 Å². The van der Waals surface area contributed by atoms with Crippen LogP contribution in [-0.2, 0) is 11.2 Å². The molecule has 17 heavy (non-hydrogen) atoms. The van der Waals surface area contributed by atoms with Crippen molar-refractivity contribution in [3.05, 3.63) is 34.1 Å². The number of hydrogen-bond acceptors (Lipinski definition) is 2. The molecule has 0 saturated carbocycles. The maximum Gasteiger partial charge on any atom is 0.156 e. The number of benzene rings is 1. The third kappa shape index (κ3) is 2.93. The van der Waals surface area contributed by atoms with Gasteiger partial charge in [-0.1, -0.05) is 15.9 Å². The molecule has 0 amide bonds. The Hall–Kier alpha value is -0.740. The van der Waals surface area contributed by atoms with Crippen LogP contribution in [0.2, 0.25) is 0 Å². The lowest BCUT2D eigenvalue weighted by atomic mass is 9.90. The highest BCUT2D eigenvalue weighted by Crippen LogP contribution is 2.23. The zero-order valence-corrected chi connectivity index (χ0v) is 11.3. The number of hydrogen-bond donors (Lipinski definition) is 1. The molecule has 1 fully saturated rings. The molecule has 0 aliphatic carbocycles. The van der Waals surface area contributed by atoms with Crippen LogP contribution in [0.5, 0.6) is 0 Å². The Morgan fingerprint density at radius 2 is 2.29 bits per heavy atom. The van der Waals surface area contributed by atoms with E-state index in [0.29, 0.717) is 4.47 Å². The molecule has 1 N–H and O–H groups in total. The molecule has 1 aliphatic heterocycles. The fourth-order valence-corrected chi connectivity index (χ4v) is 2.74. The molecular formula is C13H15BrFNO. The van der Waals surface area contributed by atoms with Crippen molar-refractivity contribution in [1.82, 2.24) is 5.32 Å². The molecule has 1 aliphatic rings. The van der Waals surface area contributed by atoms with Gasteiger partial charge in [-0.15, -0.1) is 0 Å². The first-order valence-electron chi connectivity index (χ1n) is 5.73. The van der Waals surface area contributed by atoms with Crippen LogP contribution in [0.4, 0.5) is 4.39 Å². The summed E-state index contributed by atoms with van der Waals surface area (Å²) >= 11 is 3.23. The van der Waals surface area contributed by atoms with Gasteiger partial charge in [0.05, 0.1) is 5.54 Å². The highest BCUT2D eigenvalue weighted by molar-refractivity contribution is 9.10. The topological polar surface area (TPSA) is 29.1 Å². The van der Waals surface area contributed by atoms with Gasteiger partial charge in [0, 0.05) is 10.9 Å². The minimum absolute atomic E-state index is 0.132. The standard InChI is InChI=1S/C13H15BrFNO/c1-13(3-2-4-16-13)12(17)7-9-5-10(14)8-11(15)6-9/h5-6,8,16H,2-4,7H2,1H3. The van der Waals surface area contributed by atoms with Crippen LogP contribution in [0.15, 0.2) is 22.7 Å². The van der Waals surface area contributed by atoms with Gasteiger partial charge in [0.1, 0.15) is 5.82 Å². The summed E-state index contributed by atoms with van der Waals surface area (Å²) in [5, 5.41) is 3.23. The number of Topliss-reactive ketones (excluding diaryl/α,β-unsaturated/α-hetero) is 1. The monoisotopic (exact) mass is 299 g/mol. The third-order valence-electron chi connectivity index (χ3n) is 3.27. The molecule has 0 radical (unpaired) electrons. The molecule has 0 spiro atoms. The van der Waals surface area contributed by atoms with Crippen molar-refractivity contribution in [2.75, 3.05) is 6.54 Å². The van der Waals surface area contributed by atoms with Crippen molar-refractivity contribution in [3.63, 3.8) is 0 Å². The molecule has 92 valence electrons. The molecule has 0 bridgehead atoms. The third-order valence-corrected chi connectivity index (χ3v) is 3.73. The Bertz CT molecular complexity index is 421. The second-order valence-electron chi connectivity index (χ2n) is 4.74. The highest BCUT2D eigenvalue weighted by Gasteiger charge is 2.35. The zero-order chi connectivity index (χ0) is 12.5. The van der Waals surface area contributed by atoms with Crippen molar-refractivity contribution < 1.29 is 9.18 Å². The number of halogens is 2. The van der Waals surface area contributed by atoms with E-state index in [1.54, 1.807) is 6.07 Å². The second kappa shape index (κ2) is 4.86. The SMILES string of the molecule is CC1(C(=O)Cc2cc(F)cc(Br)c2)CCCN1. The molecule has 1 aromatic carbocycles. The number of carbonyl (C=O) groups excluding carboxylic acids is 1. The molecule has 1 aromatic rings. The first kappa shape index (κ1) is 12.7. The molecule has 4 heteroatoms. The Morgan fingerprint density at radius 3 is 2.88 bits per heavy atom. The number of rotatable bonds is 3. The van der Waals surface area contributed by atoms with E-state index < -0.39 is 5.54 Å². The number of ketones is 1. The Morgan fingerprint density at radius 1 is 1.53 bits per heavy atom. The summed E-state index contributed by atoms with van der Waals surface area (Å²) in [6, 6.07) is 4.60. The van der Waals surface area contributed by atoms with E-state index in [9.17, 15) is 9.18 Å². The van der Waals surface area contributed by atoms with Gasteiger partial charge < -0.3 is 5.32 Å². The molecule has 1 saturated heterocycles. The Labute approximate surface area is 109 Å². The van der Waals surface area contributed by atoms with Gasteiger partial charge in [-0.3, -0.25) is 4.79 Å². The first-order chi connectivity index (χ1) is 7.99. The van der Waals surface area contributed by atoms with Crippen molar-refractivity contribution in [3.8, 4) is 0 Å². The van der Waals surface area contributed by atoms with Gasteiger partial charge in [-0.2, -0.15) is 0 Å². The summed E-state index contributed by atoms with van der Waals surface area (Å²) in [6.45, 7) is 2.81. The Balaban J connectivity index is 2.12. The molecule has 1 atom stereocenters. The Kier molecular flexibility index (Phi) is 3.64. The average molecular weight is 300 g/mol. The summed E-state index contributed by atoms with van der Waals surface area (Å²) in [7, 11) is 0. The predicted octanol–water partition coefficient (Wildman–Crippen LogP) is 2.84. The minimum Gasteiger partial charge on any atom is -0.305 e. The van der Waals surface area contributed by atoms with Gasteiger partial charge >= 0.3 is 0 Å². The lowest BCUT2D eigenvalue weighted by molar-refractivity contribution is -0.123. The van der Waals surface area contributed by atoms with E-state index in [-0.39, 0.29) is 18.0 Å². The van der Waals surface area contributed by atoms with Gasteiger partial charge in [-0.25, -0.2) is 4.39 Å². The molecule has 0 aromatic heterocycles. The van der Waals surface area contributed by atoms with Crippen molar-refractivity contribution in [1.29, 1.82) is 0 Å². The van der Waals surface area contributed by atoms with Crippen molar-refractivity contribution in [2.45, 2.75) is 31.7 Å². The van der Waals surface area contributed by atoms with E-state index in [0.717, 1.165) is 24.9 Å².